The predicted octanol–water partition coefficient (Wildman–Crippen LogP) is 3.52. The first-order valence-corrected chi connectivity index (χ1v) is 12.0. The van der Waals surface area contributed by atoms with Gasteiger partial charge in [-0.25, -0.2) is 4.39 Å². The number of hydrogen-bond acceptors (Lipinski definition) is 7. The van der Waals surface area contributed by atoms with Crippen molar-refractivity contribution in [3.05, 3.63) is 70.5 Å². The first-order valence-electron chi connectivity index (χ1n) is 11.2. The maximum Gasteiger partial charge on any atom is 0.273 e. The van der Waals surface area contributed by atoms with Gasteiger partial charge in [0, 0.05) is 18.3 Å². The summed E-state index contributed by atoms with van der Waals surface area (Å²) in [6.07, 6.45) is 0.721. The van der Waals surface area contributed by atoms with Crippen molar-refractivity contribution in [2.24, 2.45) is 11.7 Å². The summed E-state index contributed by atoms with van der Waals surface area (Å²) in [5.74, 6) is -1.74. The zero-order valence-electron chi connectivity index (χ0n) is 20.2. The molecule has 3 rings (SSSR count). The lowest BCUT2D eigenvalue weighted by atomic mass is 10.0. The average Bonchev–Trinajstić information content (AvgIpc) is 3.24. The van der Waals surface area contributed by atoms with Crippen LogP contribution in [0.4, 0.5) is 15.8 Å². The second-order valence-electron chi connectivity index (χ2n) is 8.44. The van der Waals surface area contributed by atoms with E-state index in [0.717, 1.165) is 6.42 Å². The molecule has 0 radical (unpaired) electrons. The molecule has 3 amide bonds. The van der Waals surface area contributed by atoms with E-state index in [2.05, 4.69) is 9.69 Å². The number of nitrogens with zero attached hydrogens (tertiary/aromatic N) is 2. The Morgan fingerprint density at radius 1 is 1.17 bits per heavy atom. The van der Waals surface area contributed by atoms with E-state index in [0.29, 0.717) is 41.0 Å². The summed E-state index contributed by atoms with van der Waals surface area (Å²) >= 11 is 0.704. The van der Waals surface area contributed by atoms with Gasteiger partial charge < -0.3 is 21.5 Å². The van der Waals surface area contributed by atoms with Crippen LogP contribution in [0.1, 0.15) is 52.0 Å². The van der Waals surface area contributed by atoms with E-state index in [1.807, 2.05) is 13.8 Å². The van der Waals surface area contributed by atoms with Crippen LogP contribution in [-0.2, 0) is 4.79 Å². The van der Waals surface area contributed by atoms with E-state index in [9.17, 15) is 18.8 Å². The third-order valence-electron chi connectivity index (χ3n) is 5.42. The molecule has 1 atom stereocenters. The number of primary amides is 1. The van der Waals surface area contributed by atoms with Crippen molar-refractivity contribution in [1.29, 1.82) is 0 Å². The van der Waals surface area contributed by atoms with E-state index in [4.69, 9.17) is 16.2 Å². The van der Waals surface area contributed by atoms with Crippen molar-refractivity contribution in [3.63, 3.8) is 0 Å². The molecule has 190 valence electrons. The van der Waals surface area contributed by atoms with Crippen LogP contribution in [0.2, 0.25) is 0 Å². The smallest absolute Gasteiger partial charge is 0.273 e. The number of aromatic nitrogens is 1. The second kappa shape index (κ2) is 11.6. The van der Waals surface area contributed by atoms with Crippen LogP contribution in [-0.4, -0.2) is 35.7 Å². The van der Waals surface area contributed by atoms with Crippen molar-refractivity contribution >= 4 is 40.6 Å². The van der Waals surface area contributed by atoms with Crippen molar-refractivity contribution in [2.45, 2.75) is 26.3 Å². The molecule has 1 heterocycles. The first-order chi connectivity index (χ1) is 17.1. The molecule has 9 nitrogen and oxygen atoms in total. The molecule has 0 saturated carbocycles. The molecule has 0 aliphatic carbocycles. The summed E-state index contributed by atoms with van der Waals surface area (Å²) in [5.41, 5.74) is 11.7. The van der Waals surface area contributed by atoms with Gasteiger partial charge in [0.25, 0.3) is 11.8 Å². The Hall–Kier alpha value is -3.99. The minimum absolute atomic E-state index is 0.0614. The third kappa shape index (κ3) is 5.98. The number of ether oxygens (including phenoxy) is 1. The molecule has 1 unspecified atom stereocenters. The Kier molecular flexibility index (Phi) is 8.59. The summed E-state index contributed by atoms with van der Waals surface area (Å²) in [7, 11) is 1.47. The Bertz CT molecular complexity index is 1250. The van der Waals surface area contributed by atoms with Gasteiger partial charge in [-0.3, -0.25) is 19.3 Å². The number of methoxy groups -OCH3 is 1. The molecule has 36 heavy (non-hydrogen) atoms. The fourth-order valence-corrected chi connectivity index (χ4v) is 4.27. The predicted molar refractivity (Wildman–Crippen MR) is 136 cm³/mol. The number of hydrogen-bond donors (Lipinski definition) is 3. The molecule has 0 bridgehead atoms. The van der Waals surface area contributed by atoms with E-state index < -0.39 is 29.6 Å². The zero-order chi connectivity index (χ0) is 26.4. The first kappa shape index (κ1) is 26.6. The maximum absolute atomic E-state index is 13.9. The highest BCUT2D eigenvalue weighted by Gasteiger charge is 2.36. The van der Waals surface area contributed by atoms with Crippen LogP contribution in [0.5, 0.6) is 5.75 Å². The number of rotatable bonds is 10. The standard InChI is InChI=1S/C25H28FN5O4S/c1-14(2)11-12-29-24(33)21(15-7-9-16(26)10-8-15)31(17-5-4-6-18(13-17)35-3)25(34)22-19(27)20(23(28)32)30-36-22/h4-10,13-14,21H,11-12,27H2,1-3H3,(H2,28,32)(H,29,33). The fraction of sp³-hybridized carbons (Fsp3) is 0.280. The second-order valence-corrected chi connectivity index (χ2v) is 9.22. The van der Waals surface area contributed by atoms with Gasteiger partial charge in [-0.15, -0.1) is 0 Å². The van der Waals surface area contributed by atoms with Crippen LogP contribution in [0.3, 0.4) is 0 Å². The number of anilines is 2. The molecule has 11 heteroatoms. The zero-order valence-corrected chi connectivity index (χ0v) is 21.0. The quantitative estimate of drug-likeness (QED) is 0.379. The molecule has 3 aromatic rings. The largest absolute Gasteiger partial charge is 0.497 e. The molecule has 0 aliphatic rings. The Labute approximate surface area is 212 Å². The molecular weight excluding hydrogens is 485 g/mol. The summed E-state index contributed by atoms with van der Waals surface area (Å²) in [6.45, 7) is 4.43. The molecule has 0 spiro atoms. The molecule has 0 saturated heterocycles. The summed E-state index contributed by atoms with van der Waals surface area (Å²) in [4.78, 5) is 40.4. The number of halogens is 1. The van der Waals surface area contributed by atoms with Crippen molar-refractivity contribution < 1.29 is 23.5 Å². The van der Waals surface area contributed by atoms with E-state index in [-0.39, 0.29) is 16.3 Å². The van der Waals surface area contributed by atoms with Crippen molar-refractivity contribution in [3.8, 4) is 5.75 Å². The number of nitrogen functional groups attached to an aromatic ring is 1. The topological polar surface area (TPSA) is 141 Å². The highest BCUT2D eigenvalue weighted by molar-refractivity contribution is 7.09. The lowest BCUT2D eigenvalue weighted by molar-refractivity contribution is -0.122. The third-order valence-corrected chi connectivity index (χ3v) is 6.27. The van der Waals surface area contributed by atoms with E-state index >= 15 is 0 Å². The Morgan fingerprint density at radius 3 is 2.44 bits per heavy atom. The highest BCUT2D eigenvalue weighted by atomic mass is 32.1. The monoisotopic (exact) mass is 513 g/mol. The maximum atomic E-state index is 13.9. The van der Waals surface area contributed by atoms with Crippen LogP contribution in [0, 0.1) is 11.7 Å². The van der Waals surface area contributed by atoms with Gasteiger partial charge in [-0.2, -0.15) is 4.37 Å². The summed E-state index contributed by atoms with van der Waals surface area (Å²) in [6, 6.07) is 10.7. The van der Waals surface area contributed by atoms with Crippen LogP contribution < -0.4 is 26.4 Å². The lowest BCUT2D eigenvalue weighted by Gasteiger charge is -2.31. The molecule has 0 aliphatic heterocycles. The molecule has 5 N–H and O–H groups in total. The van der Waals surface area contributed by atoms with E-state index in [1.165, 1.54) is 36.3 Å². The van der Waals surface area contributed by atoms with Gasteiger partial charge in [0.05, 0.1) is 12.8 Å². The molecule has 1 aromatic heterocycles. The number of nitrogens with two attached hydrogens (primary N) is 2. The number of benzene rings is 2. The summed E-state index contributed by atoms with van der Waals surface area (Å²) in [5, 5.41) is 2.88. The fourth-order valence-electron chi connectivity index (χ4n) is 3.53. The SMILES string of the molecule is COc1cccc(N(C(=O)c2snc(C(N)=O)c2N)C(C(=O)NCCC(C)C)c2ccc(F)cc2)c1. The normalized spacial score (nSPS) is 11.7. The number of nitrogens with one attached hydrogen (secondary N) is 1. The van der Waals surface area contributed by atoms with Crippen LogP contribution >= 0.6 is 11.5 Å². The molecular formula is C25H28FN5O4S. The van der Waals surface area contributed by atoms with Crippen molar-refractivity contribution in [1.82, 2.24) is 9.69 Å². The van der Waals surface area contributed by atoms with Gasteiger partial charge >= 0.3 is 0 Å². The minimum Gasteiger partial charge on any atom is -0.497 e. The van der Waals surface area contributed by atoms with Gasteiger partial charge in [0.15, 0.2) is 5.69 Å². The van der Waals surface area contributed by atoms with E-state index in [1.54, 1.807) is 24.3 Å². The Balaban J connectivity index is 2.17. The molecule has 0 fully saturated rings. The average molecular weight is 514 g/mol. The molecule has 2 aromatic carbocycles. The van der Waals surface area contributed by atoms with Crippen LogP contribution in [0.15, 0.2) is 48.5 Å². The summed E-state index contributed by atoms with van der Waals surface area (Å²) < 4.78 is 23.0. The Morgan fingerprint density at radius 2 is 1.86 bits per heavy atom. The lowest BCUT2D eigenvalue weighted by Crippen LogP contribution is -2.44. The number of carbonyl (C=O) groups excluding carboxylic acids is 3. The van der Waals surface area contributed by atoms with Gasteiger partial charge in [-0.1, -0.05) is 32.0 Å². The highest BCUT2D eigenvalue weighted by Crippen LogP contribution is 2.34. The van der Waals surface area contributed by atoms with Crippen LogP contribution in [0.25, 0.3) is 0 Å². The van der Waals surface area contributed by atoms with Crippen molar-refractivity contribution in [2.75, 3.05) is 24.3 Å². The number of amides is 3. The number of carbonyl (C=O) groups is 3. The minimum atomic E-state index is -1.20. The van der Waals surface area contributed by atoms with Gasteiger partial charge in [-0.05, 0) is 53.7 Å². The van der Waals surface area contributed by atoms with Gasteiger partial charge in [0.1, 0.15) is 22.5 Å². The van der Waals surface area contributed by atoms with Gasteiger partial charge in [0.2, 0.25) is 5.91 Å².